The lowest BCUT2D eigenvalue weighted by Gasteiger charge is -2.41. The van der Waals surface area contributed by atoms with Crippen molar-refractivity contribution in [3.63, 3.8) is 0 Å². The van der Waals surface area contributed by atoms with Crippen molar-refractivity contribution in [2.45, 2.75) is 31.0 Å². The summed E-state index contributed by atoms with van der Waals surface area (Å²) in [5, 5.41) is 5.97. The molecule has 0 radical (unpaired) electrons. The van der Waals surface area contributed by atoms with E-state index in [0.717, 1.165) is 11.6 Å². The number of benzene rings is 2. The van der Waals surface area contributed by atoms with Crippen LogP contribution in [0.5, 0.6) is 0 Å². The van der Waals surface area contributed by atoms with Crippen LogP contribution in [-0.4, -0.2) is 59.0 Å². The zero-order valence-electron chi connectivity index (χ0n) is 20.9. The Morgan fingerprint density at radius 3 is 2.48 bits per heavy atom. The van der Waals surface area contributed by atoms with Gasteiger partial charge in [-0.3, -0.25) is 14.4 Å². The lowest BCUT2D eigenvalue weighted by atomic mass is 9.86. The predicted octanol–water partition coefficient (Wildman–Crippen LogP) is 4.62. The molecule has 1 fully saturated rings. The summed E-state index contributed by atoms with van der Waals surface area (Å²) in [6, 6.07) is 8.35. The minimum Gasteiger partial charge on any atom is -0.361 e. The molecule has 13 heteroatoms. The fourth-order valence-electron chi connectivity index (χ4n) is 4.58. The Morgan fingerprint density at radius 1 is 1.07 bits per heavy atom. The Morgan fingerprint density at radius 2 is 1.80 bits per heavy atom. The molecule has 0 unspecified atom stereocenters. The van der Waals surface area contributed by atoms with Crippen molar-refractivity contribution in [3.05, 3.63) is 75.9 Å². The fraction of sp³-hybridized carbons (Fsp3) is 0.296. The monoisotopic (exact) mass is 626 g/mol. The standard InChI is InChI=1S/C27H24BrF5N4O3/c28-20-13-16(1-4-21(20)30)2-6-23(38)36-26(8-11-37(12-9-26)25(40)27(31,32)33)24(39)34-10-7-17-15-35-22-5-3-18(29)14-19(17)22/h1-6,13-15,35H,7-12H2,(H,34,39)(H,36,38). The second-order valence-corrected chi connectivity index (χ2v) is 10.2. The summed E-state index contributed by atoms with van der Waals surface area (Å²) >= 11 is 3.05. The number of amides is 3. The van der Waals surface area contributed by atoms with Crippen LogP contribution in [0.4, 0.5) is 22.0 Å². The van der Waals surface area contributed by atoms with Crippen LogP contribution >= 0.6 is 15.9 Å². The molecular weight excluding hydrogens is 603 g/mol. The number of fused-ring (bicyclic) bond motifs is 1. The van der Waals surface area contributed by atoms with E-state index in [9.17, 15) is 36.3 Å². The van der Waals surface area contributed by atoms with E-state index in [2.05, 4.69) is 31.5 Å². The summed E-state index contributed by atoms with van der Waals surface area (Å²) in [7, 11) is 0. The number of hydrogen-bond donors (Lipinski definition) is 3. The maximum absolute atomic E-state index is 13.7. The first kappa shape index (κ1) is 29.2. The van der Waals surface area contributed by atoms with Gasteiger partial charge in [0, 0.05) is 42.8 Å². The van der Waals surface area contributed by atoms with Gasteiger partial charge in [-0.2, -0.15) is 13.2 Å². The molecule has 40 heavy (non-hydrogen) atoms. The lowest BCUT2D eigenvalue weighted by molar-refractivity contribution is -0.187. The quantitative estimate of drug-likeness (QED) is 0.264. The molecule has 3 aromatic rings. The number of hydrogen-bond acceptors (Lipinski definition) is 3. The summed E-state index contributed by atoms with van der Waals surface area (Å²) in [5.41, 5.74) is 0.363. The second-order valence-electron chi connectivity index (χ2n) is 9.38. The lowest BCUT2D eigenvalue weighted by Crippen LogP contribution is -2.64. The Hall–Kier alpha value is -3.74. The van der Waals surface area contributed by atoms with Crippen LogP contribution in [0.3, 0.4) is 0 Å². The van der Waals surface area contributed by atoms with E-state index in [4.69, 9.17) is 0 Å². The van der Waals surface area contributed by atoms with Gasteiger partial charge in [-0.05, 0) is 82.7 Å². The molecule has 1 aliphatic rings. The first-order valence-corrected chi connectivity index (χ1v) is 13.0. The van der Waals surface area contributed by atoms with Gasteiger partial charge >= 0.3 is 12.1 Å². The first-order chi connectivity index (χ1) is 18.9. The van der Waals surface area contributed by atoms with Gasteiger partial charge in [-0.1, -0.05) is 6.07 Å². The maximum atomic E-state index is 13.7. The molecule has 1 saturated heterocycles. The van der Waals surface area contributed by atoms with Crippen molar-refractivity contribution in [1.82, 2.24) is 20.5 Å². The summed E-state index contributed by atoms with van der Waals surface area (Å²) in [5.74, 6) is -4.24. The molecule has 7 nitrogen and oxygen atoms in total. The number of aromatic nitrogens is 1. The minimum absolute atomic E-state index is 0.102. The van der Waals surface area contributed by atoms with E-state index in [1.807, 2.05) is 0 Å². The fourth-order valence-corrected chi connectivity index (χ4v) is 4.98. The van der Waals surface area contributed by atoms with E-state index in [1.54, 1.807) is 12.3 Å². The number of nitrogens with one attached hydrogen (secondary N) is 3. The van der Waals surface area contributed by atoms with Gasteiger partial charge in [-0.15, -0.1) is 0 Å². The van der Waals surface area contributed by atoms with Crippen molar-refractivity contribution < 1.29 is 36.3 Å². The van der Waals surface area contributed by atoms with Crippen LogP contribution in [0.15, 0.2) is 53.1 Å². The largest absolute Gasteiger partial charge is 0.471 e. The average molecular weight is 627 g/mol. The predicted molar refractivity (Wildman–Crippen MR) is 141 cm³/mol. The van der Waals surface area contributed by atoms with Crippen LogP contribution < -0.4 is 10.6 Å². The molecule has 0 saturated carbocycles. The highest BCUT2D eigenvalue weighted by molar-refractivity contribution is 9.10. The number of H-pyrrole nitrogens is 1. The zero-order valence-corrected chi connectivity index (χ0v) is 22.5. The Labute approximate surface area is 233 Å². The van der Waals surface area contributed by atoms with Gasteiger partial charge in [0.1, 0.15) is 17.2 Å². The zero-order chi connectivity index (χ0) is 29.1. The van der Waals surface area contributed by atoms with E-state index < -0.39 is 54.2 Å². The van der Waals surface area contributed by atoms with Gasteiger partial charge in [0.25, 0.3) is 0 Å². The molecule has 2 aromatic carbocycles. The molecule has 0 spiro atoms. The Kier molecular flexibility index (Phi) is 8.62. The smallest absolute Gasteiger partial charge is 0.361 e. The SMILES string of the molecule is O=C(C=Cc1ccc(F)c(Br)c1)NC1(C(=O)NCCc2c[nH]c3ccc(F)cc23)CCN(C(=O)C(F)(F)F)CC1. The molecule has 0 atom stereocenters. The highest BCUT2D eigenvalue weighted by Crippen LogP contribution is 2.27. The van der Waals surface area contributed by atoms with Gasteiger partial charge < -0.3 is 20.5 Å². The third-order valence-corrected chi connectivity index (χ3v) is 7.33. The van der Waals surface area contributed by atoms with Crippen LogP contribution in [0.25, 0.3) is 17.0 Å². The second kappa shape index (κ2) is 11.8. The third-order valence-electron chi connectivity index (χ3n) is 6.72. The molecule has 4 rings (SSSR count). The van der Waals surface area contributed by atoms with Gasteiger partial charge in [0.15, 0.2) is 0 Å². The normalized spacial score (nSPS) is 15.4. The molecule has 0 aliphatic carbocycles. The molecule has 3 amide bonds. The van der Waals surface area contributed by atoms with Gasteiger partial charge in [0.05, 0.1) is 4.47 Å². The Bertz CT molecular complexity index is 1460. The highest BCUT2D eigenvalue weighted by atomic mass is 79.9. The number of rotatable bonds is 7. The summed E-state index contributed by atoms with van der Waals surface area (Å²) in [4.78, 5) is 41.5. The number of nitrogens with zero attached hydrogens (tertiary/aromatic N) is 1. The van der Waals surface area contributed by atoms with Crippen molar-refractivity contribution in [3.8, 4) is 0 Å². The van der Waals surface area contributed by atoms with Crippen LogP contribution in [0, 0.1) is 11.6 Å². The highest BCUT2D eigenvalue weighted by Gasteiger charge is 2.48. The van der Waals surface area contributed by atoms with E-state index in [-0.39, 0.29) is 23.9 Å². The molecular formula is C27H24BrF5N4O3. The summed E-state index contributed by atoms with van der Waals surface area (Å²) in [6.45, 7) is -0.699. The number of aromatic amines is 1. The average Bonchev–Trinajstić information content (AvgIpc) is 3.30. The maximum Gasteiger partial charge on any atom is 0.471 e. The number of halogens is 6. The van der Waals surface area contributed by atoms with Crippen LogP contribution in [-0.2, 0) is 20.8 Å². The molecule has 3 N–H and O–H groups in total. The summed E-state index contributed by atoms with van der Waals surface area (Å²) < 4.78 is 66.2. The molecule has 212 valence electrons. The number of likely N-dealkylation sites (tertiary alicyclic amines) is 1. The van der Waals surface area contributed by atoms with Gasteiger partial charge in [-0.25, -0.2) is 8.78 Å². The number of carbonyl (C=O) groups excluding carboxylic acids is 3. The molecule has 2 heterocycles. The Balaban J connectivity index is 1.47. The minimum atomic E-state index is -5.06. The topological polar surface area (TPSA) is 94.3 Å². The molecule has 0 bridgehead atoms. The number of piperidine rings is 1. The van der Waals surface area contributed by atoms with Crippen molar-refractivity contribution >= 4 is 50.6 Å². The number of alkyl halides is 3. The van der Waals surface area contributed by atoms with Gasteiger partial charge in [0.2, 0.25) is 11.8 Å². The van der Waals surface area contributed by atoms with E-state index in [1.165, 1.54) is 36.4 Å². The van der Waals surface area contributed by atoms with Crippen molar-refractivity contribution in [2.24, 2.45) is 0 Å². The molecule has 1 aliphatic heterocycles. The van der Waals surface area contributed by atoms with Crippen LogP contribution in [0.2, 0.25) is 0 Å². The molecule has 1 aromatic heterocycles. The summed E-state index contributed by atoms with van der Waals surface area (Å²) in [6.07, 6.45) is -1.03. The van der Waals surface area contributed by atoms with E-state index >= 15 is 0 Å². The van der Waals surface area contributed by atoms with Crippen molar-refractivity contribution in [2.75, 3.05) is 19.6 Å². The van der Waals surface area contributed by atoms with E-state index in [0.29, 0.717) is 27.8 Å². The van der Waals surface area contributed by atoms with Crippen molar-refractivity contribution in [1.29, 1.82) is 0 Å². The number of carbonyl (C=O) groups is 3. The first-order valence-electron chi connectivity index (χ1n) is 12.2. The third kappa shape index (κ3) is 6.69. The van der Waals surface area contributed by atoms with Crippen LogP contribution in [0.1, 0.15) is 24.0 Å².